The van der Waals surface area contributed by atoms with Gasteiger partial charge in [-0.1, -0.05) is 87.6 Å². The molecule has 0 atom stereocenters. The van der Waals surface area contributed by atoms with E-state index in [0.29, 0.717) is 47.4 Å². The number of rotatable bonds is 16. The summed E-state index contributed by atoms with van der Waals surface area (Å²) in [7, 11) is 0. The molecule has 0 radical (unpaired) electrons. The zero-order valence-electron chi connectivity index (χ0n) is 46.8. The fourth-order valence-corrected chi connectivity index (χ4v) is 11.6. The molecular weight excluding hydrogens is 1160 g/mol. The molecule has 3 N–H and O–H groups in total. The van der Waals surface area contributed by atoms with Crippen LogP contribution in [-0.2, 0) is 45.7 Å². The average molecular weight is 1220 g/mol. The van der Waals surface area contributed by atoms with Gasteiger partial charge in [0.05, 0.1) is 106 Å². The number of hydrogen-bond acceptors (Lipinski definition) is 9. The number of hydrogen-bond donors (Lipinski definition) is 3. The lowest BCUT2D eigenvalue weighted by Gasteiger charge is -2.12. The van der Waals surface area contributed by atoms with Gasteiger partial charge in [0.2, 0.25) is 0 Å². The zero-order valence-corrected chi connectivity index (χ0v) is 49.9. The van der Waals surface area contributed by atoms with E-state index in [1.54, 1.807) is 54.9 Å². The number of carboxylic acids is 3. The van der Waals surface area contributed by atoms with Gasteiger partial charge in [0.1, 0.15) is 0 Å². The molecule has 21 heteroatoms. The summed E-state index contributed by atoms with van der Waals surface area (Å²) in [5, 5.41) is 61.9. The van der Waals surface area contributed by atoms with Crippen molar-refractivity contribution in [3.63, 3.8) is 0 Å². The molecule has 0 amide bonds. The van der Waals surface area contributed by atoms with Crippen molar-refractivity contribution in [3.05, 3.63) is 176 Å². The number of halogens is 3. The van der Waals surface area contributed by atoms with Gasteiger partial charge in [0.15, 0.2) is 0 Å². The molecule has 426 valence electrons. The Hall–Kier alpha value is -8.39. The zero-order chi connectivity index (χ0) is 59.0. The molecule has 0 aliphatic carbocycles. The minimum atomic E-state index is -0.946. The minimum Gasteiger partial charge on any atom is -0.478 e. The fourth-order valence-electron chi connectivity index (χ4n) is 10.6. The number of benzene rings is 6. The van der Waals surface area contributed by atoms with Crippen molar-refractivity contribution in [2.45, 2.75) is 94.2 Å². The van der Waals surface area contributed by atoms with Crippen LogP contribution in [0.2, 0.25) is 10.0 Å². The van der Waals surface area contributed by atoms with Crippen molar-refractivity contribution < 1.29 is 29.7 Å². The molecule has 0 saturated carbocycles. The van der Waals surface area contributed by atoms with Crippen LogP contribution in [0.25, 0.3) is 65.4 Å². The third-order valence-electron chi connectivity index (χ3n) is 14.1. The van der Waals surface area contributed by atoms with Crippen molar-refractivity contribution in [2.75, 3.05) is 0 Å². The lowest BCUT2D eigenvalue weighted by molar-refractivity contribution is 0.0686. The molecule has 0 unspecified atom stereocenters. The van der Waals surface area contributed by atoms with Crippen LogP contribution in [0.15, 0.2) is 126 Å². The molecule has 0 saturated heterocycles. The third kappa shape index (κ3) is 12.5. The maximum absolute atomic E-state index is 11.4. The van der Waals surface area contributed by atoms with E-state index >= 15 is 0 Å². The Kier molecular flexibility index (Phi) is 16.9. The number of nitrogens with zero attached hydrogens (tertiary/aromatic N) is 12. The summed E-state index contributed by atoms with van der Waals surface area (Å²) in [6, 6.07) is 27.2. The third-order valence-corrected chi connectivity index (χ3v) is 15.0. The van der Waals surface area contributed by atoms with Crippen LogP contribution >= 0.6 is 39.1 Å². The largest absolute Gasteiger partial charge is 0.478 e. The highest BCUT2D eigenvalue weighted by molar-refractivity contribution is 9.10. The average Bonchev–Trinajstić information content (AvgIpc) is 4.53. The molecule has 12 aromatic rings. The molecule has 6 aromatic heterocycles. The molecule has 6 aromatic carbocycles. The standard InChI is InChI=1S/C22H23ClN4O2.C20H19BrN4O2.C20H19ClN4O2/c1-4-19-18-9-14(22(28)29)5-6-20(18)26(25-19)12-16-8-17(23)7-15-10-24-27(21(15)16)11-13(2)3;2*1-12(2)10-25-19-15(9-23-25)6-17(21)7-16(19)11-24-18-4-3-13(20(26)27)5-14(18)8-22-24/h5-10,13H,4,11-12H2,1-3H3,(H,28,29);2*3-9,12H,10-11H2,1-2H3,(H,26,27). The predicted molar refractivity (Wildman–Crippen MR) is 328 cm³/mol. The molecule has 0 spiro atoms. The van der Waals surface area contributed by atoms with Crippen molar-refractivity contribution in [2.24, 2.45) is 17.8 Å². The second-order valence-corrected chi connectivity index (χ2v) is 23.7. The lowest BCUT2D eigenvalue weighted by Crippen LogP contribution is -2.09. The minimum absolute atomic E-state index is 0.252. The second kappa shape index (κ2) is 24.2. The van der Waals surface area contributed by atoms with Crippen LogP contribution in [0.3, 0.4) is 0 Å². The van der Waals surface area contributed by atoms with E-state index in [1.165, 1.54) is 0 Å². The number of aromatic carboxylic acids is 3. The van der Waals surface area contributed by atoms with Gasteiger partial charge in [-0.05, 0) is 115 Å². The van der Waals surface area contributed by atoms with Gasteiger partial charge in [-0.3, -0.25) is 28.1 Å². The molecular formula is C62H61BrCl2N12O6. The van der Waals surface area contributed by atoms with Gasteiger partial charge in [-0.2, -0.15) is 30.6 Å². The summed E-state index contributed by atoms with van der Waals surface area (Å²) in [6.07, 6.45) is 9.71. The van der Waals surface area contributed by atoms with Gasteiger partial charge in [0, 0.05) is 83.2 Å². The Labute approximate surface area is 495 Å². The molecule has 12 rings (SSSR count). The summed E-state index contributed by atoms with van der Waals surface area (Å²) in [6.45, 7) is 19.1. The number of aryl methyl sites for hydroxylation is 1. The van der Waals surface area contributed by atoms with Crippen LogP contribution in [0.1, 0.15) is 102 Å². The highest BCUT2D eigenvalue weighted by Gasteiger charge is 2.19. The summed E-state index contributed by atoms with van der Waals surface area (Å²) in [5.41, 5.74) is 10.8. The SMILES string of the molecule is CC(C)Cn1ncc2cc(Br)cc(Cn3ncc4cc(C(=O)O)ccc43)c21.CC(C)Cn1ncc2cc(Cl)cc(Cn3ncc4cc(C(=O)O)ccc43)c21.CCc1nn(Cc2cc(Cl)cc3cnn(CC(C)C)c23)c2ccc(C(=O)O)cc12. The topological polar surface area (TPSA) is 219 Å². The first kappa shape index (κ1) is 57.8. The van der Waals surface area contributed by atoms with Crippen molar-refractivity contribution in [3.8, 4) is 0 Å². The quantitative estimate of drug-likeness (QED) is 0.0823. The van der Waals surface area contributed by atoms with Gasteiger partial charge in [-0.25, -0.2) is 14.4 Å². The van der Waals surface area contributed by atoms with E-state index in [1.807, 2.05) is 85.3 Å². The van der Waals surface area contributed by atoms with Crippen LogP contribution in [0, 0.1) is 17.8 Å². The highest BCUT2D eigenvalue weighted by atomic mass is 79.9. The van der Waals surface area contributed by atoms with Crippen LogP contribution in [0.5, 0.6) is 0 Å². The van der Waals surface area contributed by atoms with Gasteiger partial charge >= 0.3 is 17.9 Å². The number of carboxylic acid groups (broad SMARTS) is 3. The maximum Gasteiger partial charge on any atom is 0.335 e. The normalized spacial score (nSPS) is 11.7. The first-order valence-corrected chi connectivity index (χ1v) is 28.8. The van der Waals surface area contributed by atoms with Gasteiger partial charge < -0.3 is 15.3 Å². The van der Waals surface area contributed by atoms with Gasteiger partial charge in [-0.15, -0.1) is 0 Å². The summed E-state index contributed by atoms with van der Waals surface area (Å²) in [4.78, 5) is 33.7. The van der Waals surface area contributed by atoms with E-state index in [2.05, 4.69) is 99.8 Å². The van der Waals surface area contributed by atoms with Crippen LogP contribution in [0.4, 0.5) is 0 Å². The maximum atomic E-state index is 11.4. The van der Waals surface area contributed by atoms with E-state index in [0.717, 1.165) is 118 Å². The van der Waals surface area contributed by atoms with E-state index in [-0.39, 0.29) is 16.7 Å². The second-order valence-electron chi connectivity index (χ2n) is 21.9. The predicted octanol–water partition coefficient (Wildman–Crippen LogP) is 14.0. The Morgan fingerprint density at radius 2 is 0.819 bits per heavy atom. The van der Waals surface area contributed by atoms with Crippen molar-refractivity contribution in [1.82, 2.24) is 58.7 Å². The molecule has 0 aliphatic heterocycles. The van der Waals surface area contributed by atoms with E-state index in [9.17, 15) is 24.6 Å². The Morgan fingerprint density at radius 3 is 1.23 bits per heavy atom. The van der Waals surface area contributed by atoms with Crippen LogP contribution < -0.4 is 0 Å². The Bertz CT molecular complexity index is 4250. The summed E-state index contributed by atoms with van der Waals surface area (Å²) in [5.74, 6) is -1.39. The first-order valence-electron chi connectivity index (χ1n) is 27.2. The molecule has 83 heavy (non-hydrogen) atoms. The number of aromatic nitrogens is 12. The van der Waals surface area contributed by atoms with Gasteiger partial charge in [0.25, 0.3) is 0 Å². The van der Waals surface area contributed by atoms with Crippen molar-refractivity contribution in [1.29, 1.82) is 0 Å². The molecule has 0 fully saturated rings. The van der Waals surface area contributed by atoms with Crippen molar-refractivity contribution >= 4 is 122 Å². The smallest absolute Gasteiger partial charge is 0.335 e. The Morgan fingerprint density at radius 1 is 0.458 bits per heavy atom. The fraction of sp³-hybridized carbons (Fsp3) is 0.274. The number of fused-ring (bicyclic) bond motifs is 6. The molecule has 0 aliphatic rings. The lowest BCUT2D eigenvalue weighted by atomic mass is 10.1. The van der Waals surface area contributed by atoms with E-state index in [4.69, 9.17) is 33.4 Å². The van der Waals surface area contributed by atoms with E-state index < -0.39 is 17.9 Å². The molecule has 6 heterocycles. The monoisotopic (exact) mass is 1220 g/mol. The number of carbonyl (C=O) groups is 3. The molecule has 0 bridgehead atoms. The summed E-state index contributed by atoms with van der Waals surface area (Å²) >= 11 is 16.3. The molecule has 18 nitrogen and oxygen atoms in total. The summed E-state index contributed by atoms with van der Waals surface area (Å²) < 4.78 is 12.8. The van der Waals surface area contributed by atoms with Crippen LogP contribution in [-0.4, -0.2) is 91.9 Å². The first-order chi connectivity index (χ1) is 39.7. The Balaban J connectivity index is 0.000000139. The highest BCUT2D eigenvalue weighted by Crippen LogP contribution is 2.31.